The summed E-state index contributed by atoms with van der Waals surface area (Å²) < 4.78 is 5.48. The van der Waals surface area contributed by atoms with Crippen LogP contribution in [-0.4, -0.2) is 116 Å². The van der Waals surface area contributed by atoms with Gasteiger partial charge < -0.3 is 9.64 Å². The molecule has 0 aliphatic carbocycles. The van der Waals surface area contributed by atoms with E-state index in [1.165, 1.54) is 6.08 Å². The highest BCUT2D eigenvalue weighted by Crippen LogP contribution is 2.13. The number of hydrazine groups is 2. The fraction of sp³-hybridized carbons (Fsp3) is 0.545. The highest BCUT2D eigenvalue weighted by molar-refractivity contribution is 6.03. The van der Waals surface area contributed by atoms with Gasteiger partial charge in [0.25, 0.3) is 0 Å². The number of hydrogen-bond donors (Lipinski definition) is 2. The summed E-state index contributed by atoms with van der Waals surface area (Å²) in [7, 11) is 5.70. The van der Waals surface area contributed by atoms with Gasteiger partial charge in [-0.15, -0.1) is 0 Å². The predicted molar refractivity (Wildman–Crippen MR) is 185 cm³/mol. The molecular formula is C33H55N9O3. The average molecular weight is 626 g/mol. The number of nitrogens with zero attached hydrogens (tertiary/aromatic N) is 7. The number of ether oxygens (including phenoxy) is 1. The number of aldehydes is 1. The second-order valence-corrected chi connectivity index (χ2v) is 11.2. The van der Waals surface area contributed by atoms with Gasteiger partial charge in [-0.3, -0.25) is 20.1 Å². The van der Waals surface area contributed by atoms with Crippen LogP contribution in [0.1, 0.15) is 59.1 Å². The summed E-state index contributed by atoms with van der Waals surface area (Å²) in [5.74, 6) is 0.695. The maximum absolute atomic E-state index is 12.3. The van der Waals surface area contributed by atoms with Crippen molar-refractivity contribution < 1.29 is 14.3 Å². The summed E-state index contributed by atoms with van der Waals surface area (Å²) in [6.45, 7) is 19.3. The SMILES string of the molecule is C=CC=O.CC.CN=C(N=CCN1CCN(C(=O)OC(C)(C)C)CC1)c1cccc(C/C(C)=N/NC2=CN(NC)N(C)CC2)c1. The summed E-state index contributed by atoms with van der Waals surface area (Å²) >= 11 is 0. The van der Waals surface area contributed by atoms with E-state index in [9.17, 15) is 4.79 Å². The maximum atomic E-state index is 12.3. The summed E-state index contributed by atoms with van der Waals surface area (Å²) in [5.41, 5.74) is 10.1. The van der Waals surface area contributed by atoms with Crippen molar-refractivity contribution in [2.24, 2.45) is 15.1 Å². The number of nitrogens with one attached hydrogen (secondary N) is 2. The van der Waals surface area contributed by atoms with Crippen molar-refractivity contribution in [2.45, 2.75) is 60.0 Å². The Morgan fingerprint density at radius 3 is 2.38 bits per heavy atom. The monoisotopic (exact) mass is 625 g/mol. The van der Waals surface area contributed by atoms with Gasteiger partial charge in [0.05, 0.1) is 11.9 Å². The van der Waals surface area contributed by atoms with E-state index in [4.69, 9.17) is 9.53 Å². The number of piperazine rings is 1. The lowest BCUT2D eigenvalue weighted by Crippen LogP contribution is -2.50. The molecule has 1 amide bonds. The zero-order valence-corrected chi connectivity index (χ0v) is 28.8. The Labute approximate surface area is 270 Å². The van der Waals surface area contributed by atoms with Crippen LogP contribution in [0.5, 0.6) is 0 Å². The van der Waals surface area contributed by atoms with E-state index in [1.54, 1.807) is 11.9 Å². The van der Waals surface area contributed by atoms with E-state index in [-0.39, 0.29) is 6.09 Å². The Bertz CT molecular complexity index is 1170. The molecule has 1 aromatic rings. The predicted octanol–water partition coefficient (Wildman–Crippen LogP) is 4.12. The summed E-state index contributed by atoms with van der Waals surface area (Å²) in [6.07, 6.45) is 7.15. The molecule has 0 saturated carbocycles. The zero-order valence-electron chi connectivity index (χ0n) is 28.8. The van der Waals surface area contributed by atoms with E-state index < -0.39 is 5.60 Å². The minimum absolute atomic E-state index is 0.244. The standard InChI is InChI=1S/C28H45N9O2.C3H4O.C2H6/c1-22(32-33-25-11-13-34(7)37(21-25)30-6)19-23-9-8-10-24(20-23)26(29-5)31-12-14-35-15-17-36(18-16-35)27(38)39-28(2,3)4;1-2-3-4;1-2/h8-10,12,20-21,30,33H,11,13-19H2,1-7H3;2-3H,1H2;1-2H3/b29-26?,31-12?,32-22+;;. The highest BCUT2D eigenvalue weighted by atomic mass is 16.6. The Balaban J connectivity index is 0.00000156. The molecule has 0 unspecified atom stereocenters. The second kappa shape index (κ2) is 21.0. The van der Waals surface area contributed by atoms with Gasteiger partial charge >= 0.3 is 6.09 Å². The largest absolute Gasteiger partial charge is 0.444 e. The van der Waals surface area contributed by atoms with E-state index in [2.05, 4.69) is 54.6 Å². The minimum Gasteiger partial charge on any atom is -0.444 e. The van der Waals surface area contributed by atoms with Crippen molar-refractivity contribution in [2.75, 3.05) is 60.4 Å². The number of rotatable bonds is 9. The van der Waals surface area contributed by atoms with E-state index >= 15 is 0 Å². The van der Waals surface area contributed by atoms with Crippen LogP contribution < -0.4 is 10.9 Å². The third-order valence-corrected chi connectivity index (χ3v) is 6.50. The molecule has 12 nitrogen and oxygen atoms in total. The Morgan fingerprint density at radius 1 is 1.13 bits per heavy atom. The molecule has 250 valence electrons. The van der Waals surface area contributed by atoms with Crippen molar-refractivity contribution in [3.05, 3.63) is 59.9 Å². The van der Waals surface area contributed by atoms with Crippen LogP contribution in [0.3, 0.4) is 0 Å². The van der Waals surface area contributed by atoms with Crippen molar-refractivity contribution >= 4 is 30.1 Å². The molecule has 1 aromatic carbocycles. The number of aliphatic imine (C=N–C) groups is 2. The molecule has 1 fully saturated rings. The van der Waals surface area contributed by atoms with Gasteiger partial charge in [0.15, 0.2) is 5.84 Å². The molecule has 2 aliphatic rings. The smallest absolute Gasteiger partial charge is 0.410 e. The summed E-state index contributed by atoms with van der Waals surface area (Å²) in [5, 5.41) is 8.64. The normalized spacial score (nSPS) is 16.6. The Hall–Kier alpha value is -3.87. The lowest BCUT2D eigenvalue weighted by molar-refractivity contribution is -0.104. The van der Waals surface area contributed by atoms with Crippen molar-refractivity contribution in [1.29, 1.82) is 0 Å². The van der Waals surface area contributed by atoms with Gasteiger partial charge in [-0.25, -0.2) is 25.3 Å². The molecule has 0 aromatic heterocycles. The maximum Gasteiger partial charge on any atom is 0.410 e. The van der Waals surface area contributed by atoms with Crippen molar-refractivity contribution in [3.63, 3.8) is 0 Å². The molecule has 0 atom stereocenters. The van der Waals surface area contributed by atoms with Crippen LogP contribution in [0.25, 0.3) is 0 Å². The number of carbonyl (C=O) groups is 2. The molecule has 12 heteroatoms. The molecule has 2 aliphatic heterocycles. The molecule has 0 bridgehead atoms. The number of benzene rings is 1. The fourth-order valence-electron chi connectivity index (χ4n) is 4.29. The molecule has 0 radical (unpaired) electrons. The summed E-state index contributed by atoms with van der Waals surface area (Å²) in [6, 6.07) is 8.28. The van der Waals surface area contributed by atoms with E-state index in [1.807, 2.05) is 85.3 Å². The first-order chi connectivity index (χ1) is 21.5. The van der Waals surface area contributed by atoms with E-state index in [0.29, 0.717) is 31.8 Å². The molecule has 2 N–H and O–H groups in total. The van der Waals surface area contributed by atoms with Gasteiger partial charge in [-0.1, -0.05) is 38.6 Å². The lowest BCUT2D eigenvalue weighted by Gasteiger charge is -2.34. The third-order valence-electron chi connectivity index (χ3n) is 6.50. The van der Waals surface area contributed by atoms with Gasteiger partial charge in [0, 0.05) is 90.7 Å². The van der Waals surface area contributed by atoms with Gasteiger partial charge in [-0.2, -0.15) is 5.10 Å². The molecular weight excluding hydrogens is 570 g/mol. The third kappa shape index (κ3) is 15.1. The quantitative estimate of drug-likeness (QED) is 0.138. The van der Waals surface area contributed by atoms with Gasteiger partial charge in [-0.05, 0) is 45.4 Å². The molecule has 45 heavy (non-hydrogen) atoms. The summed E-state index contributed by atoms with van der Waals surface area (Å²) in [4.78, 5) is 34.5. The molecule has 2 heterocycles. The average Bonchev–Trinajstić information content (AvgIpc) is 3.03. The van der Waals surface area contributed by atoms with Crippen LogP contribution in [0.2, 0.25) is 0 Å². The highest BCUT2D eigenvalue weighted by Gasteiger charge is 2.25. The zero-order chi connectivity index (χ0) is 33.8. The Morgan fingerprint density at radius 2 is 1.80 bits per heavy atom. The second-order valence-electron chi connectivity index (χ2n) is 11.2. The number of amides is 1. The number of hydrogen-bond acceptors (Lipinski definition) is 10. The van der Waals surface area contributed by atoms with Crippen molar-refractivity contribution in [1.82, 2.24) is 30.8 Å². The fourth-order valence-corrected chi connectivity index (χ4v) is 4.29. The van der Waals surface area contributed by atoms with Crippen molar-refractivity contribution in [3.8, 4) is 0 Å². The molecule has 1 saturated heterocycles. The van der Waals surface area contributed by atoms with Crippen LogP contribution in [0.15, 0.2) is 63.9 Å². The Kier molecular flexibility index (Phi) is 18.2. The van der Waals surface area contributed by atoms with Crippen LogP contribution in [-0.2, 0) is 16.0 Å². The first-order valence-corrected chi connectivity index (χ1v) is 15.5. The number of carbonyl (C=O) groups excluding carboxylic acids is 2. The van der Waals surface area contributed by atoms with Crippen LogP contribution in [0, 0.1) is 0 Å². The first kappa shape index (κ1) is 39.2. The van der Waals surface area contributed by atoms with E-state index in [0.717, 1.165) is 55.0 Å². The lowest BCUT2D eigenvalue weighted by atomic mass is 10.1. The number of amidine groups is 1. The van der Waals surface area contributed by atoms with Gasteiger partial charge in [0.1, 0.15) is 11.9 Å². The number of hydrazone groups is 1. The van der Waals surface area contributed by atoms with Crippen LogP contribution in [0.4, 0.5) is 4.79 Å². The minimum atomic E-state index is -0.477. The number of allylic oxidation sites excluding steroid dienone is 1. The first-order valence-electron chi connectivity index (χ1n) is 15.5. The van der Waals surface area contributed by atoms with Gasteiger partial charge in [0.2, 0.25) is 0 Å². The van der Waals surface area contributed by atoms with Crippen LogP contribution >= 0.6 is 0 Å². The topological polar surface area (TPSA) is 117 Å². The molecule has 0 spiro atoms. The molecule has 3 rings (SSSR count).